The van der Waals surface area contributed by atoms with Crippen molar-refractivity contribution in [1.29, 1.82) is 0 Å². The van der Waals surface area contributed by atoms with Crippen LogP contribution in [0.1, 0.15) is 41.1 Å². The van der Waals surface area contributed by atoms with Gasteiger partial charge in [0.05, 0.1) is 25.2 Å². The standard InChI is InChI=1S/C19H24N2O3.ClH/c22-18-11-17(15-5-1-2-6-16(15)18)19(23)21-9-10-24-13-14(21)12-20-7-3-4-8-20;/h1-2,5-6,14,17H,3-4,7-13H2;1H. The van der Waals surface area contributed by atoms with E-state index < -0.39 is 0 Å². The summed E-state index contributed by atoms with van der Waals surface area (Å²) in [6.45, 7) is 4.93. The summed E-state index contributed by atoms with van der Waals surface area (Å²) in [6.07, 6.45) is 2.80. The number of amides is 1. The number of rotatable bonds is 3. The Morgan fingerprint density at radius 1 is 1.16 bits per heavy atom. The summed E-state index contributed by atoms with van der Waals surface area (Å²) in [6, 6.07) is 7.66. The molecule has 2 aliphatic heterocycles. The summed E-state index contributed by atoms with van der Waals surface area (Å²) in [4.78, 5) is 29.8. The number of hydrogen-bond donors (Lipinski definition) is 0. The van der Waals surface area contributed by atoms with Crippen LogP contribution in [-0.2, 0) is 9.53 Å². The summed E-state index contributed by atoms with van der Waals surface area (Å²) < 4.78 is 5.64. The quantitative estimate of drug-likeness (QED) is 0.824. The Labute approximate surface area is 154 Å². The molecule has 1 aromatic carbocycles. The van der Waals surface area contributed by atoms with E-state index in [1.54, 1.807) is 0 Å². The zero-order chi connectivity index (χ0) is 16.5. The van der Waals surface area contributed by atoms with Gasteiger partial charge in [-0.3, -0.25) is 9.59 Å². The SMILES string of the molecule is Cl.O=C1CC(C(=O)N2CCOCC2CN2CCCC2)c2ccccc21. The summed E-state index contributed by atoms with van der Waals surface area (Å²) in [5.41, 5.74) is 1.62. The van der Waals surface area contributed by atoms with E-state index in [0.29, 0.717) is 26.2 Å². The van der Waals surface area contributed by atoms with E-state index >= 15 is 0 Å². The van der Waals surface area contributed by atoms with Crippen LogP contribution in [0.3, 0.4) is 0 Å². The van der Waals surface area contributed by atoms with Gasteiger partial charge < -0.3 is 14.5 Å². The number of hydrogen-bond acceptors (Lipinski definition) is 4. The molecular weight excluding hydrogens is 340 g/mol. The van der Waals surface area contributed by atoms with Crippen molar-refractivity contribution in [3.63, 3.8) is 0 Å². The first-order valence-electron chi connectivity index (χ1n) is 8.97. The summed E-state index contributed by atoms with van der Waals surface area (Å²) in [7, 11) is 0. The zero-order valence-corrected chi connectivity index (χ0v) is 15.2. The molecule has 1 amide bonds. The molecule has 2 unspecified atom stereocenters. The molecule has 5 nitrogen and oxygen atoms in total. The van der Waals surface area contributed by atoms with Crippen LogP contribution in [0, 0.1) is 0 Å². The molecule has 136 valence electrons. The fourth-order valence-corrected chi connectivity index (χ4v) is 4.24. The van der Waals surface area contributed by atoms with Crippen molar-refractivity contribution < 1.29 is 14.3 Å². The second-order valence-corrected chi connectivity index (χ2v) is 7.04. The van der Waals surface area contributed by atoms with Crippen molar-refractivity contribution in [2.75, 3.05) is 39.4 Å². The lowest BCUT2D eigenvalue weighted by atomic mass is 9.98. The molecule has 1 aliphatic carbocycles. The van der Waals surface area contributed by atoms with Crippen LogP contribution >= 0.6 is 12.4 Å². The van der Waals surface area contributed by atoms with E-state index in [-0.39, 0.29) is 36.1 Å². The molecule has 0 saturated carbocycles. The van der Waals surface area contributed by atoms with Gasteiger partial charge >= 0.3 is 0 Å². The largest absolute Gasteiger partial charge is 0.377 e. The Morgan fingerprint density at radius 2 is 1.92 bits per heavy atom. The maximum absolute atomic E-state index is 13.2. The van der Waals surface area contributed by atoms with Gasteiger partial charge in [-0.05, 0) is 31.5 Å². The van der Waals surface area contributed by atoms with Gasteiger partial charge in [0, 0.05) is 25.1 Å². The van der Waals surface area contributed by atoms with Crippen molar-refractivity contribution in [3.05, 3.63) is 35.4 Å². The number of carbonyl (C=O) groups is 2. The average molecular weight is 365 g/mol. The Morgan fingerprint density at radius 3 is 2.72 bits per heavy atom. The summed E-state index contributed by atoms with van der Waals surface area (Å²) in [5.74, 6) is -0.123. The normalized spacial score (nSPS) is 26.4. The van der Waals surface area contributed by atoms with E-state index in [2.05, 4.69) is 4.90 Å². The number of Topliss-reactive ketones (excluding diaryl/α,β-unsaturated/α-hetero) is 1. The molecular formula is C19H25ClN2O3. The number of benzene rings is 1. The van der Waals surface area contributed by atoms with Gasteiger partial charge in [-0.1, -0.05) is 24.3 Å². The van der Waals surface area contributed by atoms with E-state index in [1.165, 1.54) is 12.8 Å². The van der Waals surface area contributed by atoms with E-state index in [1.807, 2.05) is 29.2 Å². The number of nitrogens with zero attached hydrogens (tertiary/aromatic N) is 2. The molecule has 2 heterocycles. The van der Waals surface area contributed by atoms with E-state index in [0.717, 1.165) is 30.8 Å². The monoisotopic (exact) mass is 364 g/mol. The smallest absolute Gasteiger partial charge is 0.231 e. The van der Waals surface area contributed by atoms with Crippen molar-refractivity contribution in [3.8, 4) is 0 Å². The number of ketones is 1. The van der Waals surface area contributed by atoms with Crippen LogP contribution in [0.25, 0.3) is 0 Å². The maximum atomic E-state index is 13.2. The van der Waals surface area contributed by atoms with Crippen LogP contribution in [0.4, 0.5) is 0 Å². The highest BCUT2D eigenvalue weighted by Gasteiger charge is 2.39. The lowest BCUT2D eigenvalue weighted by Gasteiger charge is -2.39. The molecule has 3 aliphatic rings. The first kappa shape index (κ1) is 18.4. The number of halogens is 1. The van der Waals surface area contributed by atoms with Gasteiger partial charge in [-0.2, -0.15) is 0 Å². The summed E-state index contributed by atoms with van der Waals surface area (Å²) >= 11 is 0. The molecule has 1 aromatic rings. The van der Waals surface area contributed by atoms with Gasteiger partial charge in [-0.25, -0.2) is 0 Å². The van der Waals surface area contributed by atoms with Crippen molar-refractivity contribution >= 4 is 24.1 Å². The minimum absolute atomic E-state index is 0. The first-order chi connectivity index (χ1) is 11.7. The molecule has 2 fully saturated rings. The third-order valence-corrected chi connectivity index (χ3v) is 5.50. The van der Waals surface area contributed by atoms with Gasteiger partial charge in [0.2, 0.25) is 5.91 Å². The lowest BCUT2D eigenvalue weighted by molar-refractivity contribution is -0.142. The predicted molar refractivity (Wildman–Crippen MR) is 97.4 cm³/mol. The third kappa shape index (κ3) is 3.59. The topological polar surface area (TPSA) is 49.9 Å². The minimum atomic E-state index is -0.312. The zero-order valence-electron chi connectivity index (χ0n) is 14.4. The molecule has 0 aromatic heterocycles. The highest BCUT2D eigenvalue weighted by Crippen LogP contribution is 2.35. The molecule has 4 rings (SSSR count). The summed E-state index contributed by atoms with van der Waals surface area (Å²) in [5, 5.41) is 0. The van der Waals surface area contributed by atoms with Crippen LogP contribution in [-0.4, -0.2) is 66.9 Å². The fourth-order valence-electron chi connectivity index (χ4n) is 4.24. The third-order valence-electron chi connectivity index (χ3n) is 5.50. The molecule has 0 bridgehead atoms. The number of likely N-dealkylation sites (tertiary alicyclic amines) is 1. The molecule has 2 atom stereocenters. The highest BCUT2D eigenvalue weighted by molar-refractivity contribution is 6.06. The highest BCUT2D eigenvalue weighted by atomic mass is 35.5. The Kier molecular flexibility index (Phi) is 5.77. The van der Waals surface area contributed by atoms with Crippen LogP contribution in [0.2, 0.25) is 0 Å². The van der Waals surface area contributed by atoms with Crippen LogP contribution in [0.15, 0.2) is 24.3 Å². The Bertz CT molecular complexity index is 645. The molecule has 25 heavy (non-hydrogen) atoms. The lowest BCUT2D eigenvalue weighted by Crippen LogP contribution is -2.54. The van der Waals surface area contributed by atoms with Crippen molar-refractivity contribution in [1.82, 2.24) is 9.80 Å². The molecule has 0 radical (unpaired) electrons. The minimum Gasteiger partial charge on any atom is -0.377 e. The van der Waals surface area contributed by atoms with Crippen LogP contribution < -0.4 is 0 Å². The average Bonchev–Trinajstić information content (AvgIpc) is 3.23. The Hall–Kier alpha value is -1.43. The van der Waals surface area contributed by atoms with Gasteiger partial charge in [-0.15, -0.1) is 12.4 Å². The van der Waals surface area contributed by atoms with E-state index in [4.69, 9.17) is 4.74 Å². The molecule has 0 N–H and O–H groups in total. The van der Waals surface area contributed by atoms with Crippen molar-refractivity contribution in [2.24, 2.45) is 0 Å². The predicted octanol–water partition coefficient (Wildman–Crippen LogP) is 2.10. The molecule has 6 heteroatoms. The fraction of sp³-hybridized carbons (Fsp3) is 0.579. The molecule has 0 spiro atoms. The second kappa shape index (κ2) is 7.85. The van der Waals surface area contributed by atoms with Gasteiger partial charge in [0.15, 0.2) is 5.78 Å². The number of morpholine rings is 1. The van der Waals surface area contributed by atoms with Gasteiger partial charge in [0.25, 0.3) is 0 Å². The first-order valence-corrected chi connectivity index (χ1v) is 8.97. The van der Waals surface area contributed by atoms with Crippen LogP contribution in [0.5, 0.6) is 0 Å². The van der Waals surface area contributed by atoms with Crippen molar-refractivity contribution in [2.45, 2.75) is 31.2 Å². The number of ether oxygens (including phenoxy) is 1. The number of carbonyl (C=O) groups excluding carboxylic acids is 2. The van der Waals surface area contributed by atoms with Gasteiger partial charge in [0.1, 0.15) is 0 Å². The number of fused-ring (bicyclic) bond motifs is 1. The molecule has 2 saturated heterocycles. The Balaban J connectivity index is 0.00000182. The van der Waals surface area contributed by atoms with E-state index in [9.17, 15) is 9.59 Å². The second-order valence-electron chi connectivity index (χ2n) is 7.04. The maximum Gasteiger partial charge on any atom is 0.231 e.